The van der Waals surface area contributed by atoms with Crippen LogP contribution < -0.4 is 20.1 Å². The lowest BCUT2D eigenvalue weighted by molar-refractivity contribution is 0.354. The summed E-state index contributed by atoms with van der Waals surface area (Å²) >= 11 is 0. The van der Waals surface area contributed by atoms with Crippen LogP contribution in [-0.2, 0) is 20.1 Å². The average Bonchev–Trinajstić information content (AvgIpc) is 2.89. The lowest BCUT2D eigenvalue weighted by atomic mass is 10.2. The normalized spacial score (nSPS) is 11.4. The molecule has 26 heavy (non-hydrogen) atoms. The second-order valence-corrected chi connectivity index (χ2v) is 6.01. The van der Waals surface area contributed by atoms with Gasteiger partial charge in [0.2, 0.25) is 0 Å². The highest BCUT2D eigenvalue weighted by molar-refractivity contribution is 5.79. The van der Waals surface area contributed by atoms with Crippen molar-refractivity contribution in [1.82, 2.24) is 20.4 Å². The number of ether oxygens (including phenoxy) is 2. The van der Waals surface area contributed by atoms with Crippen LogP contribution in [0.1, 0.15) is 29.4 Å². The maximum Gasteiger partial charge on any atom is 0.191 e. The first-order valence-corrected chi connectivity index (χ1v) is 8.72. The molecule has 7 nitrogen and oxygen atoms in total. The van der Waals surface area contributed by atoms with Crippen molar-refractivity contribution in [3.8, 4) is 11.5 Å². The van der Waals surface area contributed by atoms with Gasteiger partial charge in [-0.2, -0.15) is 5.10 Å². The van der Waals surface area contributed by atoms with Crippen molar-refractivity contribution in [3.05, 3.63) is 40.7 Å². The SMILES string of the molecule is CCNC(=NCc1ccc(OC)c(OC)c1)NCc1c(C)nn(C)c1C. The van der Waals surface area contributed by atoms with Crippen LogP contribution in [0.15, 0.2) is 23.2 Å². The van der Waals surface area contributed by atoms with Gasteiger partial charge in [-0.1, -0.05) is 6.07 Å². The molecule has 0 atom stereocenters. The molecule has 142 valence electrons. The van der Waals surface area contributed by atoms with Gasteiger partial charge in [-0.05, 0) is 38.5 Å². The summed E-state index contributed by atoms with van der Waals surface area (Å²) in [5, 5.41) is 11.1. The van der Waals surface area contributed by atoms with E-state index < -0.39 is 0 Å². The molecule has 0 unspecified atom stereocenters. The number of benzene rings is 1. The van der Waals surface area contributed by atoms with Gasteiger partial charge >= 0.3 is 0 Å². The molecule has 0 spiro atoms. The number of aliphatic imine (C=N–C) groups is 1. The van der Waals surface area contributed by atoms with Crippen molar-refractivity contribution in [2.45, 2.75) is 33.9 Å². The van der Waals surface area contributed by atoms with Crippen molar-refractivity contribution >= 4 is 5.96 Å². The lowest BCUT2D eigenvalue weighted by Crippen LogP contribution is -2.37. The Morgan fingerprint density at radius 2 is 1.88 bits per heavy atom. The predicted molar refractivity (Wildman–Crippen MR) is 104 cm³/mol. The van der Waals surface area contributed by atoms with Crippen LogP contribution >= 0.6 is 0 Å². The Bertz CT molecular complexity index is 768. The van der Waals surface area contributed by atoms with Crippen LogP contribution in [0.25, 0.3) is 0 Å². The fraction of sp³-hybridized carbons (Fsp3) is 0.474. The average molecular weight is 359 g/mol. The molecule has 0 aliphatic heterocycles. The molecule has 0 radical (unpaired) electrons. The van der Waals surface area contributed by atoms with Gasteiger partial charge in [-0.3, -0.25) is 4.68 Å². The number of aryl methyl sites for hydroxylation is 2. The molecule has 2 aromatic rings. The van der Waals surface area contributed by atoms with Crippen LogP contribution in [0, 0.1) is 13.8 Å². The van der Waals surface area contributed by atoms with E-state index in [9.17, 15) is 0 Å². The molecule has 1 aromatic carbocycles. The number of methoxy groups -OCH3 is 2. The van der Waals surface area contributed by atoms with Gasteiger partial charge in [-0.25, -0.2) is 4.99 Å². The van der Waals surface area contributed by atoms with Crippen molar-refractivity contribution in [2.75, 3.05) is 20.8 Å². The molecule has 1 heterocycles. The summed E-state index contributed by atoms with van der Waals surface area (Å²) in [6.07, 6.45) is 0. The Morgan fingerprint density at radius 3 is 2.46 bits per heavy atom. The summed E-state index contributed by atoms with van der Waals surface area (Å²) in [5.74, 6) is 2.19. The number of nitrogens with one attached hydrogen (secondary N) is 2. The van der Waals surface area contributed by atoms with E-state index in [1.807, 2.05) is 43.8 Å². The topological polar surface area (TPSA) is 72.7 Å². The quantitative estimate of drug-likeness (QED) is 0.586. The van der Waals surface area contributed by atoms with Gasteiger partial charge in [0, 0.05) is 31.4 Å². The van der Waals surface area contributed by atoms with Crippen molar-refractivity contribution < 1.29 is 9.47 Å². The lowest BCUT2D eigenvalue weighted by Gasteiger charge is -2.12. The minimum atomic E-state index is 0.542. The van der Waals surface area contributed by atoms with Crippen LogP contribution in [0.4, 0.5) is 0 Å². The van der Waals surface area contributed by atoms with E-state index in [0.717, 1.165) is 29.5 Å². The number of nitrogens with zero attached hydrogens (tertiary/aromatic N) is 3. The Balaban J connectivity index is 2.09. The van der Waals surface area contributed by atoms with Crippen LogP contribution in [0.5, 0.6) is 11.5 Å². The summed E-state index contributed by atoms with van der Waals surface area (Å²) in [6, 6.07) is 5.83. The van der Waals surface area contributed by atoms with Gasteiger partial charge in [-0.15, -0.1) is 0 Å². The van der Waals surface area contributed by atoms with Crippen LogP contribution in [0.2, 0.25) is 0 Å². The molecule has 7 heteroatoms. The zero-order valence-electron chi connectivity index (χ0n) is 16.5. The molecule has 0 aliphatic carbocycles. The molecule has 2 rings (SSSR count). The highest BCUT2D eigenvalue weighted by Crippen LogP contribution is 2.27. The minimum absolute atomic E-state index is 0.542. The van der Waals surface area contributed by atoms with Gasteiger partial charge in [0.05, 0.1) is 26.5 Å². The van der Waals surface area contributed by atoms with E-state index >= 15 is 0 Å². The van der Waals surface area contributed by atoms with Crippen LogP contribution in [0.3, 0.4) is 0 Å². The third-order valence-corrected chi connectivity index (χ3v) is 4.30. The molecule has 1 aromatic heterocycles. The van der Waals surface area contributed by atoms with E-state index in [0.29, 0.717) is 24.6 Å². The Morgan fingerprint density at radius 1 is 1.15 bits per heavy atom. The maximum absolute atomic E-state index is 5.35. The summed E-state index contributed by atoms with van der Waals surface area (Å²) in [4.78, 5) is 4.67. The first-order chi connectivity index (χ1) is 12.5. The first-order valence-electron chi connectivity index (χ1n) is 8.72. The number of rotatable bonds is 7. The second kappa shape index (κ2) is 9.12. The van der Waals surface area contributed by atoms with Crippen molar-refractivity contribution in [2.24, 2.45) is 12.0 Å². The molecule has 0 bridgehead atoms. The minimum Gasteiger partial charge on any atom is -0.493 e. The predicted octanol–water partition coefficient (Wildman–Crippen LogP) is 2.31. The molecular formula is C19H29N5O2. The number of guanidine groups is 1. The number of hydrogen-bond acceptors (Lipinski definition) is 4. The van der Waals surface area contributed by atoms with Gasteiger partial charge < -0.3 is 20.1 Å². The third-order valence-electron chi connectivity index (χ3n) is 4.30. The molecule has 0 saturated heterocycles. The first kappa shape index (κ1) is 19.6. The summed E-state index contributed by atoms with van der Waals surface area (Å²) in [6.45, 7) is 8.17. The van der Waals surface area contributed by atoms with Crippen LogP contribution in [-0.4, -0.2) is 36.5 Å². The molecular weight excluding hydrogens is 330 g/mol. The molecule has 0 aliphatic rings. The van der Waals surface area contributed by atoms with E-state index in [1.54, 1.807) is 14.2 Å². The Kier molecular flexibility index (Phi) is 6.89. The highest BCUT2D eigenvalue weighted by atomic mass is 16.5. The Hall–Kier alpha value is -2.70. The fourth-order valence-electron chi connectivity index (χ4n) is 2.74. The van der Waals surface area contributed by atoms with Gasteiger partial charge in [0.15, 0.2) is 17.5 Å². The van der Waals surface area contributed by atoms with Gasteiger partial charge in [0.25, 0.3) is 0 Å². The van der Waals surface area contributed by atoms with Gasteiger partial charge in [0.1, 0.15) is 0 Å². The zero-order chi connectivity index (χ0) is 19.1. The second-order valence-electron chi connectivity index (χ2n) is 6.01. The maximum atomic E-state index is 5.35. The summed E-state index contributed by atoms with van der Waals surface area (Å²) in [7, 11) is 5.22. The standard InChI is InChI=1S/C19H29N5O2/c1-7-20-19(22-12-16-13(2)23-24(4)14(16)3)21-11-15-8-9-17(25-5)18(10-15)26-6/h8-10H,7,11-12H2,1-6H3,(H2,20,21,22). The summed E-state index contributed by atoms with van der Waals surface area (Å²) < 4.78 is 12.5. The third kappa shape index (κ3) is 4.68. The number of aromatic nitrogens is 2. The molecule has 0 fully saturated rings. The summed E-state index contributed by atoms with van der Waals surface area (Å²) in [5.41, 5.74) is 4.44. The largest absolute Gasteiger partial charge is 0.493 e. The van der Waals surface area contributed by atoms with E-state index in [-0.39, 0.29) is 0 Å². The monoisotopic (exact) mass is 359 g/mol. The van der Waals surface area contributed by atoms with E-state index in [2.05, 4.69) is 27.6 Å². The van der Waals surface area contributed by atoms with Crippen molar-refractivity contribution in [3.63, 3.8) is 0 Å². The van der Waals surface area contributed by atoms with E-state index in [4.69, 9.17) is 9.47 Å². The Labute approximate surface area is 155 Å². The molecule has 0 saturated carbocycles. The highest BCUT2D eigenvalue weighted by Gasteiger charge is 2.10. The number of hydrogen-bond donors (Lipinski definition) is 2. The van der Waals surface area contributed by atoms with E-state index in [1.165, 1.54) is 5.56 Å². The zero-order valence-corrected chi connectivity index (χ0v) is 16.5. The fourth-order valence-corrected chi connectivity index (χ4v) is 2.74. The molecule has 2 N–H and O–H groups in total. The molecule has 0 amide bonds. The smallest absolute Gasteiger partial charge is 0.191 e. The van der Waals surface area contributed by atoms with Crippen molar-refractivity contribution in [1.29, 1.82) is 0 Å².